The highest BCUT2D eigenvalue weighted by Gasteiger charge is 2.22. The molecule has 0 saturated heterocycles. The fourth-order valence-electron chi connectivity index (χ4n) is 2.26. The Kier molecular flexibility index (Phi) is 4.00. The van der Waals surface area contributed by atoms with E-state index >= 15 is 0 Å². The summed E-state index contributed by atoms with van der Waals surface area (Å²) in [7, 11) is 0. The van der Waals surface area contributed by atoms with Crippen LogP contribution in [-0.4, -0.2) is 17.0 Å². The maximum absolute atomic E-state index is 12.1. The molecule has 0 atom stereocenters. The van der Waals surface area contributed by atoms with Gasteiger partial charge in [0, 0.05) is 11.6 Å². The molecule has 100 valence electrons. The van der Waals surface area contributed by atoms with Gasteiger partial charge in [0.25, 0.3) is 0 Å². The summed E-state index contributed by atoms with van der Waals surface area (Å²) in [6, 6.07) is 6.30. The second-order valence-corrected chi connectivity index (χ2v) is 4.90. The number of nitrogens with one attached hydrogen (secondary N) is 1. The molecule has 0 spiro atoms. The fraction of sp³-hybridized carbons (Fsp3) is 0.333. The first kappa shape index (κ1) is 13.3. The Morgan fingerprint density at radius 1 is 1.26 bits per heavy atom. The van der Waals surface area contributed by atoms with Crippen LogP contribution >= 0.6 is 0 Å². The van der Waals surface area contributed by atoms with Crippen LogP contribution in [0.5, 0.6) is 0 Å². The monoisotopic (exact) mass is 259 g/mol. The smallest absolute Gasteiger partial charge is 0.335 e. The van der Waals surface area contributed by atoms with Gasteiger partial charge in [0.05, 0.1) is 5.56 Å². The molecule has 0 aliphatic heterocycles. The Hall–Kier alpha value is -2.10. The highest BCUT2D eigenvalue weighted by molar-refractivity contribution is 5.95. The van der Waals surface area contributed by atoms with Gasteiger partial charge in [0.1, 0.15) is 0 Å². The number of carbonyl (C=O) groups excluding carboxylic acids is 1. The molecule has 0 unspecified atom stereocenters. The molecule has 2 N–H and O–H groups in total. The van der Waals surface area contributed by atoms with E-state index in [9.17, 15) is 9.59 Å². The summed E-state index contributed by atoms with van der Waals surface area (Å²) >= 11 is 0. The lowest BCUT2D eigenvalue weighted by atomic mass is 9.86. The second-order valence-electron chi connectivity index (χ2n) is 4.90. The molecule has 0 bridgehead atoms. The predicted octanol–water partition coefficient (Wildman–Crippen LogP) is 3.07. The number of anilines is 1. The molecule has 4 nitrogen and oxygen atoms in total. The Labute approximate surface area is 112 Å². The van der Waals surface area contributed by atoms with Crippen LogP contribution in [0.25, 0.3) is 0 Å². The molecular formula is C15H17NO3. The van der Waals surface area contributed by atoms with E-state index in [-0.39, 0.29) is 17.4 Å². The Bertz CT molecular complexity index is 512. The van der Waals surface area contributed by atoms with Crippen molar-refractivity contribution in [3.05, 3.63) is 42.0 Å². The topological polar surface area (TPSA) is 66.4 Å². The Morgan fingerprint density at radius 3 is 2.58 bits per heavy atom. The fourth-order valence-corrected chi connectivity index (χ4v) is 2.26. The summed E-state index contributed by atoms with van der Waals surface area (Å²) in [5, 5.41) is 11.7. The largest absolute Gasteiger partial charge is 0.478 e. The molecule has 0 heterocycles. The minimum absolute atomic E-state index is 0.000941. The number of allylic oxidation sites excluding steroid dienone is 1. The molecule has 0 aromatic heterocycles. The standard InChI is InChI=1S/C15H17NO3/c1-10-5-7-11(8-6-10)14(17)16-13-4-2-3-12(9-13)15(18)19/h2-4,9,11H,1,5-8H2,(H,16,17)(H,18,19). The van der Waals surface area contributed by atoms with Crippen LogP contribution in [0.3, 0.4) is 0 Å². The minimum atomic E-state index is -0.995. The zero-order chi connectivity index (χ0) is 13.8. The number of aromatic carboxylic acids is 1. The number of amides is 1. The van der Waals surface area contributed by atoms with Gasteiger partial charge in [-0.2, -0.15) is 0 Å². The molecule has 19 heavy (non-hydrogen) atoms. The molecule has 0 radical (unpaired) electrons. The molecular weight excluding hydrogens is 242 g/mol. The third kappa shape index (κ3) is 3.44. The molecule has 1 aliphatic rings. The first-order valence-electron chi connectivity index (χ1n) is 6.37. The number of hydrogen-bond acceptors (Lipinski definition) is 2. The summed E-state index contributed by atoms with van der Waals surface area (Å²) < 4.78 is 0. The molecule has 1 saturated carbocycles. The van der Waals surface area contributed by atoms with Crippen molar-refractivity contribution in [3.63, 3.8) is 0 Å². The van der Waals surface area contributed by atoms with Crippen LogP contribution < -0.4 is 5.32 Å². The van der Waals surface area contributed by atoms with Crippen LogP contribution in [0.15, 0.2) is 36.4 Å². The van der Waals surface area contributed by atoms with Gasteiger partial charge in [-0.15, -0.1) is 0 Å². The number of carboxylic acid groups (broad SMARTS) is 1. The summed E-state index contributed by atoms with van der Waals surface area (Å²) in [6.45, 7) is 3.93. The Balaban J connectivity index is 2.00. The SMILES string of the molecule is C=C1CCC(C(=O)Nc2cccc(C(=O)O)c2)CC1. The zero-order valence-electron chi connectivity index (χ0n) is 10.7. The summed E-state index contributed by atoms with van der Waals surface area (Å²) in [6.07, 6.45) is 3.44. The summed E-state index contributed by atoms with van der Waals surface area (Å²) in [5.41, 5.74) is 1.92. The number of rotatable bonds is 3. The average Bonchev–Trinajstić information content (AvgIpc) is 2.39. The number of benzene rings is 1. The zero-order valence-corrected chi connectivity index (χ0v) is 10.7. The predicted molar refractivity (Wildman–Crippen MR) is 73.1 cm³/mol. The lowest BCUT2D eigenvalue weighted by molar-refractivity contribution is -0.120. The van der Waals surface area contributed by atoms with Crippen LogP contribution in [0.1, 0.15) is 36.0 Å². The first-order chi connectivity index (χ1) is 9.06. The van der Waals surface area contributed by atoms with Crippen molar-refractivity contribution >= 4 is 17.6 Å². The molecule has 1 aromatic rings. The van der Waals surface area contributed by atoms with E-state index in [1.165, 1.54) is 17.7 Å². The first-order valence-corrected chi connectivity index (χ1v) is 6.37. The van der Waals surface area contributed by atoms with E-state index < -0.39 is 5.97 Å². The molecule has 1 aromatic carbocycles. The van der Waals surface area contributed by atoms with Crippen molar-refractivity contribution in [2.75, 3.05) is 5.32 Å². The normalized spacial score (nSPS) is 16.1. The van der Waals surface area contributed by atoms with Crippen molar-refractivity contribution in [2.45, 2.75) is 25.7 Å². The third-order valence-corrected chi connectivity index (χ3v) is 3.44. The van der Waals surface area contributed by atoms with Gasteiger partial charge in [-0.05, 0) is 43.9 Å². The van der Waals surface area contributed by atoms with E-state index in [4.69, 9.17) is 5.11 Å². The maximum atomic E-state index is 12.1. The van der Waals surface area contributed by atoms with Gasteiger partial charge in [-0.25, -0.2) is 4.79 Å². The van der Waals surface area contributed by atoms with E-state index in [0.717, 1.165) is 25.7 Å². The minimum Gasteiger partial charge on any atom is -0.478 e. The number of hydrogen-bond donors (Lipinski definition) is 2. The number of carbonyl (C=O) groups is 2. The molecule has 4 heteroatoms. The van der Waals surface area contributed by atoms with Gasteiger partial charge in [0.15, 0.2) is 0 Å². The second kappa shape index (κ2) is 5.69. The highest BCUT2D eigenvalue weighted by Crippen LogP contribution is 2.28. The van der Waals surface area contributed by atoms with Crippen LogP contribution in [0.2, 0.25) is 0 Å². The van der Waals surface area contributed by atoms with Gasteiger partial charge < -0.3 is 10.4 Å². The number of carboxylic acids is 1. The van der Waals surface area contributed by atoms with Crippen LogP contribution in [0.4, 0.5) is 5.69 Å². The summed E-state index contributed by atoms with van der Waals surface area (Å²) in [4.78, 5) is 22.9. The molecule has 1 fully saturated rings. The van der Waals surface area contributed by atoms with Crippen molar-refractivity contribution in [1.82, 2.24) is 0 Å². The van der Waals surface area contributed by atoms with Crippen molar-refractivity contribution in [2.24, 2.45) is 5.92 Å². The van der Waals surface area contributed by atoms with Crippen LogP contribution in [0, 0.1) is 5.92 Å². The lowest BCUT2D eigenvalue weighted by Crippen LogP contribution is -2.25. The lowest BCUT2D eigenvalue weighted by Gasteiger charge is -2.22. The Morgan fingerprint density at radius 2 is 1.95 bits per heavy atom. The van der Waals surface area contributed by atoms with Gasteiger partial charge >= 0.3 is 5.97 Å². The quantitative estimate of drug-likeness (QED) is 0.820. The third-order valence-electron chi connectivity index (χ3n) is 3.44. The van der Waals surface area contributed by atoms with Crippen molar-refractivity contribution in [3.8, 4) is 0 Å². The van der Waals surface area contributed by atoms with E-state index in [1.807, 2.05) is 0 Å². The van der Waals surface area contributed by atoms with E-state index in [2.05, 4.69) is 11.9 Å². The van der Waals surface area contributed by atoms with E-state index in [1.54, 1.807) is 12.1 Å². The highest BCUT2D eigenvalue weighted by atomic mass is 16.4. The van der Waals surface area contributed by atoms with E-state index in [0.29, 0.717) is 5.69 Å². The van der Waals surface area contributed by atoms with Gasteiger partial charge in [0.2, 0.25) is 5.91 Å². The summed E-state index contributed by atoms with van der Waals surface area (Å²) in [5.74, 6) is -1.03. The molecule has 2 rings (SSSR count). The van der Waals surface area contributed by atoms with Gasteiger partial charge in [-0.1, -0.05) is 18.2 Å². The average molecular weight is 259 g/mol. The van der Waals surface area contributed by atoms with Crippen molar-refractivity contribution in [1.29, 1.82) is 0 Å². The van der Waals surface area contributed by atoms with Gasteiger partial charge in [-0.3, -0.25) is 4.79 Å². The van der Waals surface area contributed by atoms with Crippen molar-refractivity contribution < 1.29 is 14.7 Å². The van der Waals surface area contributed by atoms with Crippen LogP contribution in [-0.2, 0) is 4.79 Å². The molecule has 1 amide bonds. The maximum Gasteiger partial charge on any atom is 0.335 e. The molecule has 1 aliphatic carbocycles.